The maximum absolute atomic E-state index is 12.0. The third-order valence-electron chi connectivity index (χ3n) is 3.78. The van der Waals surface area contributed by atoms with Crippen LogP contribution in [0.5, 0.6) is 0 Å². The van der Waals surface area contributed by atoms with Crippen molar-refractivity contribution in [1.29, 1.82) is 0 Å². The third kappa shape index (κ3) is 6.25. The van der Waals surface area contributed by atoms with Gasteiger partial charge in [0.15, 0.2) is 0 Å². The number of urea groups is 1. The highest BCUT2D eigenvalue weighted by Crippen LogP contribution is 2.10. The summed E-state index contributed by atoms with van der Waals surface area (Å²) in [5.74, 6) is 0.370. The predicted molar refractivity (Wildman–Crippen MR) is 97.2 cm³/mol. The van der Waals surface area contributed by atoms with Crippen LogP contribution in [0.25, 0.3) is 0 Å². The molecule has 0 bridgehead atoms. The molecule has 7 nitrogen and oxygen atoms in total. The lowest BCUT2D eigenvalue weighted by molar-refractivity contribution is -0.122. The summed E-state index contributed by atoms with van der Waals surface area (Å²) < 4.78 is 10.6. The Hall–Kier alpha value is -2.80. The molecule has 1 atom stereocenters. The third-order valence-corrected chi connectivity index (χ3v) is 3.78. The van der Waals surface area contributed by atoms with Gasteiger partial charge in [0, 0.05) is 13.2 Å². The second-order valence-electron chi connectivity index (χ2n) is 5.75. The molecular weight excluding hydrogens is 334 g/mol. The van der Waals surface area contributed by atoms with E-state index in [2.05, 4.69) is 16.0 Å². The van der Waals surface area contributed by atoms with Crippen LogP contribution in [-0.4, -0.2) is 24.6 Å². The molecule has 0 radical (unpaired) electrons. The van der Waals surface area contributed by atoms with E-state index in [9.17, 15) is 9.59 Å². The fourth-order valence-electron chi connectivity index (χ4n) is 2.31. The van der Waals surface area contributed by atoms with Crippen molar-refractivity contribution in [3.05, 3.63) is 59.5 Å². The van der Waals surface area contributed by atoms with Crippen molar-refractivity contribution >= 4 is 11.9 Å². The number of furan rings is 1. The Morgan fingerprint density at radius 2 is 1.85 bits per heavy atom. The second-order valence-corrected chi connectivity index (χ2v) is 5.75. The molecule has 1 unspecified atom stereocenters. The number of rotatable bonds is 9. The quantitative estimate of drug-likeness (QED) is 0.641. The first-order valence-electron chi connectivity index (χ1n) is 8.59. The van der Waals surface area contributed by atoms with Crippen LogP contribution in [0.3, 0.4) is 0 Å². The molecule has 0 aliphatic rings. The molecule has 1 heterocycles. The minimum atomic E-state index is -0.663. The summed E-state index contributed by atoms with van der Waals surface area (Å²) in [6, 6.07) is 10.2. The average Bonchev–Trinajstić information content (AvgIpc) is 3.16. The van der Waals surface area contributed by atoms with Crippen molar-refractivity contribution in [1.82, 2.24) is 16.0 Å². The number of ether oxygens (including phenoxy) is 1. The van der Waals surface area contributed by atoms with Gasteiger partial charge in [0.05, 0.1) is 19.4 Å². The number of benzene rings is 1. The lowest BCUT2D eigenvalue weighted by Crippen LogP contribution is -2.48. The topological polar surface area (TPSA) is 92.6 Å². The van der Waals surface area contributed by atoms with Gasteiger partial charge in [-0.1, -0.05) is 24.3 Å². The molecular formula is C19H25N3O4. The van der Waals surface area contributed by atoms with Gasteiger partial charge in [-0.3, -0.25) is 4.79 Å². The Bertz CT molecular complexity index is 701. The van der Waals surface area contributed by atoms with Gasteiger partial charge in [-0.25, -0.2) is 4.79 Å². The standard InChI is InChI=1S/C19H25N3O4/c1-3-25-13-16-8-5-4-7-15(16)11-21-19(24)22-14(2)18(23)20-12-17-9-6-10-26-17/h4-10,14H,3,11-13H2,1-2H3,(H,20,23)(H2,21,22,24). The van der Waals surface area contributed by atoms with Gasteiger partial charge in [-0.15, -0.1) is 0 Å². The molecule has 1 aromatic carbocycles. The molecule has 0 fully saturated rings. The monoisotopic (exact) mass is 359 g/mol. The molecule has 3 N–H and O–H groups in total. The van der Waals surface area contributed by atoms with Crippen LogP contribution in [0, 0.1) is 0 Å². The first-order chi connectivity index (χ1) is 12.6. The number of amides is 3. The van der Waals surface area contributed by atoms with E-state index < -0.39 is 12.1 Å². The Morgan fingerprint density at radius 1 is 1.08 bits per heavy atom. The van der Waals surface area contributed by atoms with E-state index in [1.807, 2.05) is 31.2 Å². The summed E-state index contributed by atoms with van der Waals surface area (Å²) in [4.78, 5) is 24.0. The van der Waals surface area contributed by atoms with Crippen LogP contribution in [0.1, 0.15) is 30.7 Å². The molecule has 3 amide bonds. The van der Waals surface area contributed by atoms with Gasteiger partial charge in [-0.2, -0.15) is 0 Å². The molecule has 2 aromatic rings. The summed E-state index contributed by atoms with van der Waals surface area (Å²) in [7, 11) is 0. The number of hydrogen-bond acceptors (Lipinski definition) is 4. The lowest BCUT2D eigenvalue weighted by Gasteiger charge is -2.15. The van der Waals surface area contributed by atoms with Gasteiger partial charge >= 0.3 is 6.03 Å². The van der Waals surface area contributed by atoms with E-state index in [0.29, 0.717) is 25.5 Å². The van der Waals surface area contributed by atoms with Gasteiger partial charge < -0.3 is 25.1 Å². The smallest absolute Gasteiger partial charge is 0.315 e. The van der Waals surface area contributed by atoms with Gasteiger partial charge in [0.25, 0.3) is 0 Å². The first kappa shape index (κ1) is 19.5. The number of carbonyl (C=O) groups is 2. The highest BCUT2D eigenvalue weighted by molar-refractivity contribution is 5.86. The van der Waals surface area contributed by atoms with Crippen LogP contribution in [0.15, 0.2) is 47.1 Å². The summed E-state index contributed by atoms with van der Waals surface area (Å²) in [6.07, 6.45) is 1.54. The van der Waals surface area contributed by atoms with Crippen LogP contribution >= 0.6 is 0 Å². The highest BCUT2D eigenvalue weighted by Gasteiger charge is 2.15. The minimum Gasteiger partial charge on any atom is -0.467 e. The second kappa shape index (κ2) is 10.2. The molecule has 0 saturated heterocycles. The minimum absolute atomic E-state index is 0.282. The fourth-order valence-corrected chi connectivity index (χ4v) is 2.31. The normalized spacial score (nSPS) is 11.6. The lowest BCUT2D eigenvalue weighted by atomic mass is 10.1. The van der Waals surface area contributed by atoms with Crippen LogP contribution in [0.2, 0.25) is 0 Å². The van der Waals surface area contributed by atoms with Crippen molar-refractivity contribution in [3.8, 4) is 0 Å². The Kier molecular flexibility index (Phi) is 7.70. The van der Waals surface area contributed by atoms with Gasteiger partial charge in [-0.05, 0) is 37.1 Å². The molecule has 0 aliphatic carbocycles. The highest BCUT2D eigenvalue weighted by atomic mass is 16.5. The zero-order valence-electron chi connectivity index (χ0n) is 15.1. The van der Waals surface area contributed by atoms with E-state index in [1.165, 1.54) is 0 Å². The van der Waals surface area contributed by atoms with Crippen molar-refractivity contribution in [2.45, 2.75) is 39.6 Å². The largest absolute Gasteiger partial charge is 0.467 e. The Morgan fingerprint density at radius 3 is 2.54 bits per heavy atom. The van der Waals surface area contributed by atoms with Crippen LogP contribution in [0.4, 0.5) is 4.79 Å². The van der Waals surface area contributed by atoms with Gasteiger partial charge in [0.1, 0.15) is 11.8 Å². The molecule has 140 valence electrons. The maximum atomic E-state index is 12.0. The van der Waals surface area contributed by atoms with Crippen molar-refractivity contribution < 1.29 is 18.7 Å². The molecule has 0 aliphatic heterocycles. The van der Waals surface area contributed by atoms with Crippen LogP contribution in [-0.2, 0) is 29.2 Å². The summed E-state index contributed by atoms with van der Waals surface area (Å²) >= 11 is 0. The Labute approximate surface area is 153 Å². The van der Waals surface area contributed by atoms with E-state index in [0.717, 1.165) is 11.1 Å². The molecule has 1 aromatic heterocycles. The SMILES string of the molecule is CCOCc1ccccc1CNC(=O)NC(C)C(=O)NCc1ccco1. The van der Waals surface area contributed by atoms with Crippen molar-refractivity contribution in [2.24, 2.45) is 0 Å². The Balaban J connectivity index is 1.76. The molecule has 0 saturated carbocycles. The zero-order valence-corrected chi connectivity index (χ0v) is 15.1. The number of carbonyl (C=O) groups excluding carboxylic acids is 2. The molecule has 2 rings (SSSR count). The summed E-state index contributed by atoms with van der Waals surface area (Å²) in [5, 5.41) is 8.09. The number of hydrogen-bond donors (Lipinski definition) is 3. The first-order valence-corrected chi connectivity index (χ1v) is 8.59. The summed E-state index contributed by atoms with van der Waals surface area (Å²) in [5.41, 5.74) is 2.00. The van der Waals surface area contributed by atoms with Crippen molar-refractivity contribution in [2.75, 3.05) is 6.61 Å². The van der Waals surface area contributed by atoms with Crippen LogP contribution < -0.4 is 16.0 Å². The van der Waals surface area contributed by atoms with E-state index >= 15 is 0 Å². The van der Waals surface area contributed by atoms with E-state index in [-0.39, 0.29) is 12.5 Å². The number of nitrogens with one attached hydrogen (secondary N) is 3. The maximum Gasteiger partial charge on any atom is 0.315 e. The summed E-state index contributed by atoms with van der Waals surface area (Å²) in [6.45, 7) is 5.33. The van der Waals surface area contributed by atoms with E-state index in [1.54, 1.807) is 25.3 Å². The van der Waals surface area contributed by atoms with E-state index in [4.69, 9.17) is 9.15 Å². The molecule has 0 spiro atoms. The van der Waals surface area contributed by atoms with Crippen molar-refractivity contribution in [3.63, 3.8) is 0 Å². The molecule has 7 heteroatoms. The fraction of sp³-hybridized carbons (Fsp3) is 0.368. The zero-order chi connectivity index (χ0) is 18.8. The average molecular weight is 359 g/mol. The molecule has 26 heavy (non-hydrogen) atoms. The van der Waals surface area contributed by atoms with Gasteiger partial charge in [0.2, 0.25) is 5.91 Å². The predicted octanol–water partition coefficient (Wildman–Crippen LogP) is 2.32.